The minimum atomic E-state index is -0.241. The maximum atomic E-state index is 5.85. The number of hydrogen-bond acceptors (Lipinski definition) is 6. The van der Waals surface area contributed by atoms with Crippen LogP contribution >= 0.6 is 12.4 Å². The quantitative estimate of drug-likeness (QED) is 0.885. The number of nitrogens with zero attached hydrogens (tertiary/aromatic N) is 3. The van der Waals surface area contributed by atoms with Gasteiger partial charge in [0.05, 0.1) is 11.5 Å². The fourth-order valence-electron chi connectivity index (χ4n) is 4.09. The molecule has 26 heavy (non-hydrogen) atoms. The number of aromatic nitrogens is 2. The number of ether oxygens (including phenoxy) is 1. The van der Waals surface area contributed by atoms with E-state index in [9.17, 15) is 0 Å². The van der Waals surface area contributed by atoms with Gasteiger partial charge in [-0.2, -0.15) is 4.98 Å². The number of halogens is 1. The summed E-state index contributed by atoms with van der Waals surface area (Å²) < 4.78 is 11.5. The summed E-state index contributed by atoms with van der Waals surface area (Å²) in [6, 6.07) is 8.69. The summed E-state index contributed by atoms with van der Waals surface area (Å²) in [6.45, 7) is 6.44. The van der Waals surface area contributed by atoms with Crippen LogP contribution in [0, 0.1) is 6.92 Å². The van der Waals surface area contributed by atoms with E-state index in [1.807, 2.05) is 0 Å². The van der Waals surface area contributed by atoms with Gasteiger partial charge in [-0.1, -0.05) is 29.4 Å². The SMILES string of the molecule is Cc1ccccc1C1(c2nc(C3CNCCN3C)no2)CCOCC1.Cl. The molecule has 0 bridgehead atoms. The third kappa shape index (κ3) is 3.39. The third-order valence-corrected chi connectivity index (χ3v) is 5.67. The molecule has 3 heterocycles. The minimum absolute atomic E-state index is 0. The molecule has 2 aliphatic heterocycles. The Morgan fingerprint density at radius 2 is 2.00 bits per heavy atom. The molecule has 0 radical (unpaired) electrons. The lowest BCUT2D eigenvalue weighted by molar-refractivity contribution is 0.0521. The van der Waals surface area contributed by atoms with Gasteiger partial charge in [0.15, 0.2) is 5.82 Å². The molecule has 6 nitrogen and oxygen atoms in total. The normalized spacial score (nSPS) is 23.4. The lowest BCUT2D eigenvalue weighted by Gasteiger charge is -2.35. The number of rotatable bonds is 3. The van der Waals surface area contributed by atoms with E-state index in [0.717, 1.165) is 57.4 Å². The molecular weight excluding hydrogens is 352 g/mol. The van der Waals surface area contributed by atoms with E-state index in [1.165, 1.54) is 11.1 Å². The molecule has 0 saturated carbocycles. The Morgan fingerprint density at radius 3 is 2.73 bits per heavy atom. The molecule has 2 saturated heterocycles. The standard InChI is InChI=1S/C19H26N4O2.ClH/c1-14-5-3-4-6-15(14)19(7-11-24-12-8-19)18-21-17(22-25-18)16-13-20-9-10-23(16)2;/h3-6,16,20H,7-13H2,1-2H3;1H. The largest absolute Gasteiger partial charge is 0.381 e. The van der Waals surface area contributed by atoms with Crippen LogP contribution < -0.4 is 5.32 Å². The summed E-state index contributed by atoms with van der Waals surface area (Å²) in [4.78, 5) is 7.17. The first kappa shape index (κ1) is 19.3. The fourth-order valence-corrected chi connectivity index (χ4v) is 4.09. The van der Waals surface area contributed by atoms with Crippen LogP contribution in [0.25, 0.3) is 0 Å². The Kier molecular flexibility index (Phi) is 5.97. The smallest absolute Gasteiger partial charge is 0.237 e. The van der Waals surface area contributed by atoms with Crippen LogP contribution in [0.4, 0.5) is 0 Å². The molecule has 4 rings (SSSR count). The Morgan fingerprint density at radius 1 is 1.23 bits per heavy atom. The van der Waals surface area contributed by atoms with Gasteiger partial charge in [0.1, 0.15) is 0 Å². The molecule has 1 atom stereocenters. The molecule has 1 N–H and O–H groups in total. The van der Waals surface area contributed by atoms with Crippen molar-refractivity contribution in [3.8, 4) is 0 Å². The van der Waals surface area contributed by atoms with E-state index < -0.39 is 0 Å². The molecule has 142 valence electrons. The van der Waals surface area contributed by atoms with Gasteiger partial charge in [-0.25, -0.2) is 0 Å². The summed E-state index contributed by atoms with van der Waals surface area (Å²) in [5.74, 6) is 1.52. The zero-order chi connectivity index (χ0) is 17.3. The molecule has 2 aromatic rings. The second kappa shape index (κ2) is 8.05. The number of benzene rings is 1. The van der Waals surface area contributed by atoms with Crippen LogP contribution in [0.1, 0.15) is 41.7 Å². The maximum absolute atomic E-state index is 5.85. The molecule has 1 unspecified atom stereocenters. The predicted molar refractivity (Wildman–Crippen MR) is 102 cm³/mol. The summed E-state index contributed by atoms with van der Waals surface area (Å²) in [5, 5.41) is 7.78. The van der Waals surface area contributed by atoms with E-state index in [4.69, 9.17) is 14.2 Å². The van der Waals surface area contributed by atoms with Gasteiger partial charge < -0.3 is 14.6 Å². The summed E-state index contributed by atoms with van der Waals surface area (Å²) in [7, 11) is 2.12. The first-order valence-corrected chi connectivity index (χ1v) is 9.09. The highest BCUT2D eigenvalue weighted by molar-refractivity contribution is 5.85. The topological polar surface area (TPSA) is 63.4 Å². The van der Waals surface area contributed by atoms with Crippen molar-refractivity contribution in [2.45, 2.75) is 31.2 Å². The van der Waals surface area contributed by atoms with E-state index in [0.29, 0.717) is 0 Å². The molecule has 2 fully saturated rings. The Hall–Kier alpha value is -1.47. The van der Waals surface area contributed by atoms with E-state index in [1.54, 1.807) is 0 Å². The molecule has 0 amide bonds. The van der Waals surface area contributed by atoms with Crippen molar-refractivity contribution < 1.29 is 9.26 Å². The molecule has 0 aliphatic carbocycles. The molecule has 1 aromatic heterocycles. The van der Waals surface area contributed by atoms with Crippen LogP contribution in [0.5, 0.6) is 0 Å². The lowest BCUT2D eigenvalue weighted by atomic mass is 9.72. The second-order valence-electron chi connectivity index (χ2n) is 7.17. The van der Waals surface area contributed by atoms with Crippen molar-refractivity contribution in [1.29, 1.82) is 0 Å². The average Bonchev–Trinajstić information content (AvgIpc) is 3.13. The van der Waals surface area contributed by atoms with Gasteiger partial charge in [-0.05, 0) is 37.9 Å². The van der Waals surface area contributed by atoms with Gasteiger partial charge in [0, 0.05) is 32.8 Å². The highest BCUT2D eigenvalue weighted by atomic mass is 35.5. The van der Waals surface area contributed by atoms with Crippen LogP contribution in [0.15, 0.2) is 28.8 Å². The number of nitrogens with one attached hydrogen (secondary N) is 1. The predicted octanol–water partition coefficient (Wildman–Crippen LogP) is 2.47. The molecule has 0 spiro atoms. The van der Waals surface area contributed by atoms with Crippen LogP contribution in [-0.2, 0) is 10.2 Å². The van der Waals surface area contributed by atoms with E-state index >= 15 is 0 Å². The van der Waals surface area contributed by atoms with Crippen molar-refractivity contribution in [2.75, 3.05) is 39.9 Å². The zero-order valence-electron chi connectivity index (χ0n) is 15.4. The Balaban J connectivity index is 0.00000196. The maximum Gasteiger partial charge on any atom is 0.237 e. The Bertz CT molecular complexity index is 730. The van der Waals surface area contributed by atoms with E-state index in [2.05, 4.69) is 53.6 Å². The van der Waals surface area contributed by atoms with E-state index in [-0.39, 0.29) is 23.9 Å². The first-order valence-electron chi connectivity index (χ1n) is 9.09. The summed E-state index contributed by atoms with van der Waals surface area (Å²) >= 11 is 0. The van der Waals surface area contributed by atoms with Crippen LogP contribution in [0.2, 0.25) is 0 Å². The monoisotopic (exact) mass is 378 g/mol. The average molecular weight is 379 g/mol. The number of likely N-dealkylation sites (N-methyl/N-ethyl adjacent to an activating group) is 1. The van der Waals surface area contributed by atoms with Gasteiger partial charge in [0.2, 0.25) is 5.89 Å². The number of hydrogen-bond donors (Lipinski definition) is 1. The second-order valence-corrected chi connectivity index (χ2v) is 7.17. The fraction of sp³-hybridized carbons (Fsp3) is 0.579. The van der Waals surface area contributed by atoms with Gasteiger partial charge in [-0.3, -0.25) is 4.90 Å². The first-order chi connectivity index (χ1) is 12.2. The third-order valence-electron chi connectivity index (χ3n) is 5.67. The van der Waals surface area contributed by atoms with Gasteiger partial charge >= 0.3 is 0 Å². The molecule has 1 aromatic carbocycles. The van der Waals surface area contributed by atoms with Crippen molar-refractivity contribution in [3.05, 3.63) is 47.1 Å². The number of aryl methyl sites for hydroxylation is 1. The summed E-state index contributed by atoms with van der Waals surface area (Å²) in [5.41, 5.74) is 2.31. The van der Waals surface area contributed by atoms with Gasteiger partial charge in [0.25, 0.3) is 0 Å². The highest BCUT2D eigenvalue weighted by Crippen LogP contribution is 2.42. The van der Waals surface area contributed by atoms with Gasteiger partial charge in [-0.15, -0.1) is 12.4 Å². The van der Waals surface area contributed by atoms with Crippen LogP contribution in [-0.4, -0.2) is 54.9 Å². The number of piperazine rings is 1. The highest BCUT2D eigenvalue weighted by Gasteiger charge is 2.43. The molecule has 7 heteroatoms. The summed E-state index contributed by atoms with van der Waals surface area (Å²) in [6.07, 6.45) is 1.75. The van der Waals surface area contributed by atoms with Crippen LogP contribution in [0.3, 0.4) is 0 Å². The van der Waals surface area contributed by atoms with Crippen molar-refractivity contribution in [2.24, 2.45) is 0 Å². The van der Waals surface area contributed by atoms with Crippen molar-refractivity contribution >= 4 is 12.4 Å². The zero-order valence-corrected chi connectivity index (χ0v) is 16.2. The van der Waals surface area contributed by atoms with Crippen molar-refractivity contribution in [1.82, 2.24) is 20.4 Å². The Labute approximate surface area is 160 Å². The minimum Gasteiger partial charge on any atom is -0.381 e. The van der Waals surface area contributed by atoms with Crippen molar-refractivity contribution in [3.63, 3.8) is 0 Å². The molecule has 2 aliphatic rings. The lowest BCUT2D eigenvalue weighted by Crippen LogP contribution is -2.44. The molecular formula is C19H27ClN4O2.